The molecule has 30 heavy (non-hydrogen) atoms. The summed E-state index contributed by atoms with van der Waals surface area (Å²) in [5.41, 5.74) is 4.38. The smallest absolute Gasteiger partial charge is 0.0967 e. The molecule has 0 saturated carbocycles. The second-order valence-electron chi connectivity index (χ2n) is 8.88. The van der Waals surface area contributed by atoms with Gasteiger partial charge in [-0.05, 0) is 83.6 Å². The van der Waals surface area contributed by atoms with Crippen LogP contribution in [0.3, 0.4) is 0 Å². The molecule has 4 saturated heterocycles. The molecule has 4 fully saturated rings. The molecule has 4 aliphatic rings. The Morgan fingerprint density at radius 3 is 2.17 bits per heavy atom. The van der Waals surface area contributed by atoms with Gasteiger partial charge in [0.15, 0.2) is 0 Å². The molecule has 0 aromatic carbocycles. The first-order valence-electron chi connectivity index (χ1n) is 11.3. The van der Waals surface area contributed by atoms with Gasteiger partial charge in [0.05, 0.1) is 27.6 Å². The van der Waals surface area contributed by atoms with E-state index in [0.717, 1.165) is 4.88 Å². The van der Waals surface area contributed by atoms with Crippen LogP contribution in [0.5, 0.6) is 0 Å². The second-order valence-corrected chi connectivity index (χ2v) is 10.7. The number of aromatic nitrogens is 2. The first kappa shape index (κ1) is 20.4. The van der Waals surface area contributed by atoms with Crippen LogP contribution in [-0.2, 0) is 0 Å². The van der Waals surface area contributed by atoms with Crippen LogP contribution < -0.4 is 0 Å². The van der Waals surface area contributed by atoms with Gasteiger partial charge < -0.3 is 0 Å². The highest BCUT2D eigenvalue weighted by molar-refractivity contribution is 7.10. The van der Waals surface area contributed by atoms with E-state index in [2.05, 4.69) is 43.8 Å². The number of hydrogen-bond acceptors (Lipinski definition) is 6. The molecule has 0 amide bonds. The molecule has 158 valence electrons. The van der Waals surface area contributed by atoms with Gasteiger partial charge in [-0.25, -0.2) is 0 Å². The largest absolute Gasteiger partial charge is 0.294 e. The van der Waals surface area contributed by atoms with Crippen molar-refractivity contribution in [3.63, 3.8) is 0 Å². The van der Waals surface area contributed by atoms with Crippen LogP contribution in [0, 0.1) is 11.8 Å². The molecule has 0 spiro atoms. The zero-order valence-electron chi connectivity index (χ0n) is 17.6. The van der Waals surface area contributed by atoms with Gasteiger partial charge in [-0.2, -0.15) is 0 Å². The fraction of sp³-hybridized carbons (Fsp3) is 0.583. The predicted octanol–water partition coefficient (Wildman–Crippen LogP) is 4.91. The lowest BCUT2D eigenvalue weighted by atomic mass is 9.93. The summed E-state index contributed by atoms with van der Waals surface area (Å²) in [6, 6.07) is 0. The fourth-order valence-corrected chi connectivity index (χ4v) is 6.71. The van der Waals surface area contributed by atoms with Crippen molar-refractivity contribution in [2.24, 2.45) is 0 Å². The Morgan fingerprint density at radius 1 is 0.833 bits per heavy atom. The minimum atomic E-state index is 0.226. The van der Waals surface area contributed by atoms with Crippen molar-refractivity contribution in [1.82, 2.24) is 19.8 Å². The minimum Gasteiger partial charge on any atom is -0.294 e. The van der Waals surface area contributed by atoms with E-state index in [-0.39, 0.29) is 5.54 Å². The monoisotopic (exact) mass is 438 g/mol. The minimum absolute atomic E-state index is 0.226. The van der Waals surface area contributed by atoms with Crippen LogP contribution in [0.4, 0.5) is 0 Å². The van der Waals surface area contributed by atoms with Crippen molar-refractivity contribution in [2.45, 2.75) is 62.4 Å². The van der Waals surface area contributed by atoms with E-state index in [1.54, 1.807) is 22.7 Å². The number of rotatable bonds is 2. The van der Waals surface area contributed by atoms with Crippen molar-refractivity contribution in [2.75, 3.05) is 26.2 Å². The molecule has 2 aromatic rings. The summed E-state index contributed by atoms with van der Waals surface area (Å²) < 4.78 is 0. The Hall–Kier alpha value is -1.52. The first-order valence-corrected chi connectivity index (χ1v) is 13.0. The van der Waals surface area contributed by atoms with Gasteiger partial charge in [-0.1, -0.05) is 17.9 Å². The van der Waals surface area contributed by atoms with E-state index >= 15 is 0 Å². The molecule has 0 N–H and O–H groups in total. The van der Waals surface area contributed by atoms with Gasteiger partial charge in [-0.15, -0.1) is 22.7 Å². The summed E-state index contributed by atoms with van der Waals surface area (Å²) in [5.74, 6) is 6.80. The molecule has 4 nitrogen and oxygen atoms in total. The third kappa shape index (κ3) is 4.13. The maximum atomic E-state index is 4.10. The zero-order valence-corrected chi connectivity index (χ0v) is 19.2. The van der Waals surface area contributed by atoms with Crippen LogP contribution in [0.1, 0.15) is 61.1 Å². The Bertz CT molecular complexity index is 887. The Labute approximate surface area is 188 Å². The molecular formula is C24H30N4S2. The maximum absolute atomic E-state index is 4.10. The van der Waals surface area contributed by atoms with Gasteiger partial charge in [0.25, 0.3) is 0 Å². The van der Waals surface area contributed by atoms with Crippen molar-refractivity contribution < 1.29 is 0 Å². The van der Waals surface area contributed by atoms with E-state index < -0.39 is 0 Å². The van der Waals surface area contributed by atoms with E-state index in [1.165, 1.54) is 82.4 Å². The molecule has 6 heteroatoms. The van der Waals surface area contributed by atoms with Crippen molar-refractivity contribution >= 4 is 28.7 Å². The van der Waals surface area contributed by atoms with Gasteiger partial charge in [-0.3, -0.25) is 19.8 Å². The summed E-state index contributed by atoms with van der Waals surface area (Å²) in [4.78, 5) is 15.8. The van der Waals surface area contributed by atoms with Crippen molar-refractivity contribution in [1.29, 1.82) is 0 Å². The van der Waals surface area contributed by atoms with Gasteiger partial charge in [0.2, 0.25) is 0 Å². The lowest BCUT2D eigenvalue weighted by Gasteiger charge is -2.28. The Balaban J connectivity index is 0.000000128. The Morgan fingerprint density at radius 2 is 1.50 bits per heavy atom. The van der Waals surface area contributed by atoms with Crippen molar-refractivity contribution in [3.8, 4) is 11.8 Å². The molecule has 0 radical (unpaired) electrons. The molecule has 6 rings (SSSR count). The molecular weight excluding hydrogens is 408 g/mol. The van der Waals surface area contributed by atoms with Gasteiger partial charge in [0.1, 0.15) is 0 Å². The second kappa shape index (κ2) is 8.92. The molecule has 2 aromatic heterocycles. The van der Waals surface area contributed by atoms with E-state index in [9.17, 15) is 0 Å². The van der Waals surface area contributed by atoms with Crippen LogP contribution in [0.2, 0.25) is 0 Å². The predicted molar refractivity (Wildman–Crippen MR) is 126 cm³/mol. The summed E-state index contributed by atoms with van der Waals surface area (Å²) in [7, 11) is 0. The summed E-state index contributed by atoms with van der Waals surface area (Å²) in [5, 5.41) is 0. The topological polar surface area (TPSA) is 32.3 Å². The lowest BCUT2D eigenvalue weighted by Crippen LogP contribution is -2.36. The highest BCUT2D eigenvalue weighted by Gasteiger charge is 2.43. The highest BCUT2D eigenvalue weighted by Crippen LogP contribution is 2.40. The van der Waals surface area contributed by atoms with E-state index in [0.29, 0.717) is 5.54 Å². The molecule has 4 aliphatic heterocycles. The average Bonchev–Trinajstić information content (AvgIpc) is 3.56. The average molecular weight is 439 g/mol. The highest BCUT2D eigenvalue weighted by atomic mass is 32.1. The number of hydrogen-bond donors (Lipinski definition) is 0. The standard InChI is InChI=1S/C12H16N2S.C12H14N2S/c2*1-4-12(5-2-8-14(12)7-1)6-3-11-9-13-10-15-11/h3,6,9-10H,1-2,4-5,7-8H2;9-10H,1-2,4-5,7-8H2/b6-3-;. The molecule has 6 heterocycles. The molecule has 0 atom stereocenters. The normalized spacial score (nSPS) is 24.3. The van der Waals surface area contributed by atoms with Crippen molar-refractivity contribution in [3.05, 3.63) is 39.2 Å². The van der Waals surface area contributed by atoms with Gasteiger partial charge in [0, 0.05) is 16.6 Å². The summed E-state index contributed by atoms with van der Waals surface area (Å²) >= 11 is 3.35. The molecule has 0 bridgehead atoms. The quantitative estimate of drug-likeness (QED) is 0.624. The number of nitrogens with zero attached hydrogens (tertiary/aromatic N) is 4. The Kier molecular flexibility index (Phi) is 6.06. The summed E-state index contributed by atoms with van der Waals surface area (Å²) in [6.07, 6.45) is 19.1. The van der Waals surface area contributed by atoms with Gasteiger partial charge >= 0.3 is 0 Å². The number of thiazole rings is 2. The summed E-state index contributed by atoms with van der Waals surface area (Å²) in [6.45, 7) is 5.09. The lowest BCUT2D eigenvalue weighted by molar-refractivity contribution is 0.251. The zero-order chi connectivity index (χ0) is 20.3. The molecule has 0 unspecified atom stereocenters. The maximum Gasteiger partial charge on any atom is 0.0967 e. The first-order chi connectivity index (χ1) is 14.8. The SMILES string of the molecule is C(#CC12CCCN1CCC2)c1cncs1.C(=C/C12CCCN1CCC2)/c1cncs1. The van der Waals surface area contributed by atoms with Crippen LogP contribution in [-0.4, -0.2) is 57.0 Å². The van der Waals surface area contributed by atoms with E-state index in [4.69, 9.17) is 0 Å². The van der Waals surface area contributed by atoms with E-state index in [1.807, 2.05) is 23.4 Å². The number of fused-ring (bicyclic) bond motifs is 2. The third-order valence-electron chi connectivity index (χ3n) is 7.21. The van der Waals surface area contributed by atoms with Crippen LogP contribution in [0.15, 0.2) is 29.5 Å². The van der Waals surface area contributed by atoms with Crippen LogP contribution >= 0.6 is 22.7 Å². The van der Waals surface area contributed by atoms with Crippen LogP contribution in [0.25, 0.3) is 6.08 Å². The molecule has 0 aliphatic carbocycles. The fourth-order valence-electron chi connectivity index (χ4n) is 5.73. The third-order valence-corrected chi connectivity index (χ3v) is 8.64.